The van der Waals surface area contributed by atoms with Crippen molar-refractivity contribution in [3.8, 4) is 0 Å². The molecule has 3 nitrogen and oxygen atoms in total. The second-order valence-electron chi connectivity index (χ2n) is 3.35. The molecule has 1 N–H and O–H groups in total. The molecule has 0 aliphatic carbocycles. The average molecular weight is 203 g/mol. The van der Waals surface area contributed by atoms with Crippen molar-refractivity contribution in [1.82, 2.24) is 4.90 Å². The van der Waals surface area contributed by atoms with Crippen molar-refractivity contribution in [3.05, 3.63) is 0 Å². The summed E-state index contributed by atoms with van der Waals surface area (Å²) in [5, 5.41) is 9.24. The summed E-state index contributed by atoms with van der Waals surface area (Å²) in [6, 6.07) is 0. The zero-order valence-corrected chi connectivity index (χ0v) is 8.85. The maximum atomic E-state index is 11.5. The first kappa shape index (κ1) is 10.9. The Bertz CT molecular complexity index is 167. The van der Waals surface area contributed by atoms with Crippen LogP contribution in [0.3, 0.4) is 0 Å². The average Bonchev–Trinajstić information content (AvgIpc) is 2.15. The summed E-state index contributed by atoms with van der Waals surface area (Å²) < 4.78 is 0. The Labute approximate surface area is 83.5 Å². The molecule has 0 bridgehead atoms. The van der Waals surface area contributed by atoms with Gasteiger partial charge in [-0.2, -0.15) is 11.8 Å². The van der Waals surface area contributed by atoms with Gasteiger partial charge in [0.25, 0.3) is 0 Å². The van der Waals surface area contributed by atoms with Gasteiger partial charge in [-0.15, -0.1) is 0 Å². The number of hydrogen-bond donors (Lipinski definition) is 1. The molecule has 1 rings (SSSR count). The molecule has 4 heteroatoms. The normalized spacial score (nSPS) is 19.1. The highest BCUT2D eigenvalue weighted by Gasteiger charge is 2.20. The van der Waals surface area contributed by atoms with Crippen molar-refractivity contribution in [3.63, 3.8) is 0 Å². The van der Waals surface area contributed by atoms with Crippen LogP contribution >= 0.6 is 11.8 Å². The number of aliphatic hydroxyl groups excluding tert-OH is 1. The van der Waals surface area contributed by atoms with Gasteiger partial charge in [-0.25, -0.2) is 0 Å². The van der Waals surface area contributed by atoms with Gasteiger partial charge in [0.1, 0.15) is 0 Å². The van der Waals surface area contributed by atoms with Gasteiger partial charge in [-0.3, -0.25) is 4.79 Å². The topological polar surface area (TPSA) is 40.5 Å². The van der Waals surface area contributed by atoms with Gasteiger partial charge in [0, 0.05) is 25.3 Å². The second kappa shape index (κ2) is 5.50. The van der Waals surface area contributed by atoms with Crippen LogP contribution in [-0.4, -0.2) is 47.1 Å². The van der Waals surface area contributed by atoms with Crippen LogP contribution < -0.4 is 0 Å². The Morgan fingerprint density at radius 2 is 2.15 bits per heavy atom. The minimum absolute atomic E-state index is 0.190. The molecule has 0 aromatic heterocycles. The summed E-state index contributed by atoms with van der Waals surface area (Å²) in [5.74, 6) is 1.14. The number of amides is 1. The van der Waals surface area contributed by atoms with Gasteiger partial charge < -0.3 is 10.0 Å². The second-order valence-corrected chi connectivity index (χ2v) is 4.34. The molecule has 0 aromatic rings. The molecule has 1 fully saturated rings. The third-order valence-corrected chi connectivity index (χ3v) is 2.95. The molecule has 1 amide bonds. The van der Waals surface area contributed by atoms with Crippen molar-refractivity contribution in [2.45, 2.75) is 25.4 Å². The predicted molar refractivity (Wildman–Crippen MR) is 54.8 cm³/mol. The van der Waals surface area contributed by atoms with E-state index in [0.29, 0.717) is 6.42 Å². The van der Waals surface area contributed by atoms with Gasteiger partial charge in [-0.1, -0.05) is 0 Å². The van der Waals surface area contributed by atoms with E-state index >= 15 is 0 Å². The van der Waals surface area contributed by atoms with E-state index in [9.17, 15) is 9.90 Å². The van der Waals surface area contributed by atoms with Crippen LogP contribution in [0, 0.1) is 0 Å². The number of carbonyl (C=O) groups excluding carboxylic acids is 1. The monoisotopic (exact) mass is 203 g/mol. The lowest BCUT2D eigenvalue weighted by atomic mass is 10.1. The maximum Gasteiger partial charge on any atom is 0.223 e. The number of likely N-dealkylation sites (tertiary alicyclic amines) is 1. The fourth-order valence-corrected chi connectivity index (χ4v) is 1.84. The van der Waals surface area contributed by atoms with Crippen molar-refractivity contribution in [1.29, 1.82) is 0 Å². The summed E-state index contributed by atoms with van der Waals surface area (Å²) in [6.45, 7) is 1.46. The first-order chi connectivity index (χ1) is 6.24. The van der Waals surface area contributed by atoms with E-state index < -0.39 is 0 Å². The molecule has 13 heavy (non-hydrogen) atoms. The third kappa shape index (κ3) is 3.56. The summed E-state index contributed by atoms with van der Waals surface area (Å²) in [6.07, 6.45) is 3.94. The number of nitrogens with zero attached hydrogens (tertiary/aromatic N) is 1. The minimum atomic E-state index is -0.190. The minimum Gasteiger partial charge on any atom is -0.393 e. The third-order valence-electron chi connectivity index (χ3n) is 2.34. The summed E-state index contributed by atoms with van der Waals surface area (Å²) in [7, 11) is 0. The highest BCUT2D eigenvalue weighted by molar-refractivity contribution is 7.98. The van der Waals surface area contributed by atoms with Crippen molar-refractivity contribution in [2.75, 3.05) is 25.1 Å². The number of hydrogen-bond acceptors (Lipinski definition) is 3. The van der Waals surface area contributed by atoms with Crippen LogP contribution in [0.4, 0.5) is 0 Å². The van der Waals surface area contributed by atoms with Crippen LogP contribution in [0.25, 0.3) is 0 Å². The Hall–Kier alpha value is -0.220. The Balaban J connectivity index is 2.23. The van der Waals surface area contributed by atoms with Crippen LogP contribution in [0.2, 0.25) is 0 Å². The molecule has 0 unspecified atom stereocenters. The van der Waals surface area contributed by atoms with Gasteiger partial charge in [0.15, 0.2) is 0 Å². The lowest BCUT2D eigenvalue weighted by molar-refractivity contribution is -0.132. The lowest BCUT2D eigenvalue weighted by Crippen LogP contribution is -2.40. The molecule has 0 atom stereocenters. The van der Waals surface area contributed by atoms with Crippen LogP contribution in [-0.2, 0) is 4.79 Å². The molecule has 0 radical (unpaired) electrons. The number of aliphatic hydroxyl groups is 1. The SMILES string of the molecule is CSCCC(=O)N1CCC(O)CC1. The van der Waals surface area contributed by atoms with Gasteiger partial charge in [-0.05, 0) is 19.1 Å². The summed E-state index contributed by atoms with van der Waals surface area (Å²) in [4.78, 5) is 13.4. The molecule has 1 saturated heterocycles. The molecule has 1 aliphatic heterocycles. The van der Waals surface area contributed by atoms with Crippen molar-refractivity contribution < 1.29 is 9.90 Å². The Morgan fingerprint density at radius 1 is 1.54 bits per heavy atom. The molecule has 0 aromatic carbocycles. The Kier molecular flexibility index (Phi) is 4.59. The van der Waals surface area contributed by atoms with E-state index in [-0.39, 0.29) is 12.0 Å². The quantitative estimate of drug-likeness (QED) is 0.735. The number of piperidine rings is 1. The number of carbonyl (C=O) groups is 1. The lowest BCUT2D eigenvalue weighted by Gasteiger charge is -2.29. The van der Waals surface area contributed by atoms with Crippen LogP contribution in [0.5, 0.6) is 0 Å². The van der Waals surface area contributed by atoms with E-state index in [2.05, 4.69) is 0 Å². The maximum absolute atomic E-state index is 11.5. The van der Waals surface area contributed by atoms with Crippen LogP contribution in [0.1, 0.15) is 19.3 Å². The zero-order valence-electron chi connectivity index (χ0n) is 8.03. The molecular weight excluding hydrogens is 186 g/mol. The fraction of sp³-hybridized carbons (Fsp3) is 0.889. The van der Waals surface area contributed by atoms with E-state index in [0.717, 1.165) is 31.7 Å². The molecule has 0 saturated carbocycles. The van der Waals surface area contributed by atoms with E-state index in [1.54, 1.807) is 11.8 Å². The summed E-state index contributed by atoms with van der Waals surface area (Å²) >= 11 is 1.70. The highest BCUT2D eigenvalue weighted by Crippen LogP contribution is 2.11. The predicted octanol–water partition coefficient (Wildman–Crippen LogP) is 0.723. The largest absolute Gasteiger partial charge is 0.393 e. The smallest absolute Gasteiger partial charge is 0.223 e. The van der Waals surface area contributed by atoms with E-state index in [4.69, 9.17) is 0 Å². The Morgan fingerprint density at radius 3 is 2.69 bits per heavy atom. The van der Waals surface area contributed by atoms with Gasteiger partial charge in [0.2, 0.25) is 5.91 Å². The number of thioether (sulfide) groups is 1. The number of rotatable bonds is 3. The van der Waals surface area contributed by atoms with Crippen molar-refractivity contribution >= 4 is 17.7 Å². The highest BCUT2D eigenvalue weighted by atomic mass is 32.2. The summed E-state index contributed by atoms with van der Waals surface area (Å²) in [5.41, 5.74) is 0. The van der Waals surface area contributed by atoms with Crippen LogP contribution in [0.15, 0.2) is 0 Å². The first-order valence-corrected chi connectivity index (χ1v) is 6.08. The van der Waals surface area contributed by atoms with E-state index in [1.807, 2.05) is 11.2 Å². The fourth-order valence-electron chi connectivity index (χ4n) is 1.46. The first-order valence-electron chi connectivity index (χ1n) is 4.69. The van der Waals surface area contributed by atoms with Crippen molar-refractivity contribution in [2.24, 2.45) is 0 Å². The van der Waals surface area contributed by atoms with Gasteiger partial charge >= 0.3 is 0 Å². The molecular formula is C9H17NO2S. The van der Waals surface area contributed by atoms with Gasteiger partial charge in [0.05, 0.1) is 6.10 Å². The molecule has 1 aliphatic rings. The molecule has 76 valence electrons. The standard InChI is InChI=1S/C9H17NO2S/c1-13-7-4-9(12)10-5-2-8(11)3-6-10/h8,11H,2-7H2,1H3. The zero-order chi connectivity index (χ0) is 9.68. The molecule has 1 heterocycles. The van der Waals surface area contributed by atoms with E-state index in [1.165, 1.54) is 0 Å². The molecule has 0 spiro atoms.